The second kappa shape index (κ2) is 6.06. The molecule has 0 atom stereocenters. The summed E-state index contributed by atoms with van der Waals surface area (Å²) < 4.78 is 5.05. The van der Waals surface area contributed by atoms with Crippen LogP contribution >= 0.6 is 12.4 Å². The molecule has 6 heteroatoms. The van der Waals surface area contributed by atoms with E-state index in [0.29, 0.717) is 26.2 Å². The molecule has 0 spiro atoms. The van der Waals surface area contributed by atoms with E-state index >= 15 is 0 Å². The van der Waals surface area contributed by atoms with Gasteiger partial charge in [0.1, 0.15) is 0 Å². The summed E-state index contributed by atoms with van der Waals surface area (Å²) in [4.78, 5) is 13.0. The molecule has 1 heterocycles. The van der Waals surface area contributed by atoms with E-state index in [0.717, 1.165) is 0 Å². The van der Waals surface area contributed by atoms with Gasteiger partial charge in [0, 0.05) is 26.2 Å². The van der Waals surface area contributed by atoms with Gasteiger partial charge in [-0.2, -0.15) is 0 Å². The van der Waals surface area contributed by atoms with Gasteiger partial charge in [-0.3, -0.25) is 5.84 Å². The number of carbonyl (C=O) groups is 1. The van der Waals surface area contributed by atoms with Crippen molar-refractivity contribution in [1.29, 1.82) is 0 Å². The molecule has 1 amide bonds. The number of halogens is 1. The molecule has 0 radical (unpaired) electrons. The van der Waals surface area contributed by atoms with Crippen LogP contribution in [0.4, 0.5) is 4.79 Å². The fraction of sp³-hybridized carbons (Fsp3) is 0.875. The lowest BCUT2D eigenvalue weighted by Crippen LogP contribution is -2.51. The summed E-state index contributed by atoms with van der Waals surface area (Å²) in [6.45, 7) is 6.43. The van der Waals surface area contributed by atoms with Crippen LogP contribution in [-0.2, 0) is 4.74 Å². The molecule has 0 aromatic rings. The smallest absolute Gasteiger partial charge is 0.410 e. The van der Waals surface area contributed by atoms with Gasteiger partial charge in [-0.1, -0.05) is 0 Å². The molecule has 5 nitrogen and oxygen atoms in total. The van der Waals surface area contributed by atoms with E-state index in [1.54, 1.807) is 9.91 Å². The van der Waals surface area contributed by atoms with Crippen molar-refractivity contribution in [3.63, 3.8) is 0 Å². The van der Waals surface area contributed by atoms with E-state index < -0.39 is 0 Å². The summed E-state index contributed by atoms with van der Waals surface area (Å²) in [5, 5.41) is 1.71. The zero-order valence-corrected chi connectivity index (χ0v) is 9.42. The Kier molecular flexibility index (Phi) is 5.83. The van der Waals surface area contributed by atoms with Crippen LogP contribution in [0.1, 0.15) is 13.8 Å². The highest BCUT2D eigenvalue weighted by atomic mass is 35.5. The molecule has 1 saturated heterocycles. The Labute approximate surface area is 90.5 Å². The van der Waals surface area contributed by atoms with Crippen molar-refractivity contribution in [1.82, 2.24) is 9.91 Å². The largest absolute Gasteiger partial charge is 0.447 e. The van der Waals surface area contributed by atoms with Crippen molar-refractivity contribution in [3.8, 4) is 0 Å². The second-order valence-electron chi connectivity index (χ2n) is 3.46. The number of nitrogens with two attached hydrogens (primary N) is 1. The van der Waals surface area contributed by atoms with Crippen LogP contribution in [0.3, 0.4) is 0 Å². The number of nitrogens with zero attached hydrogens (tertiary/aromatic N) is 2. The first-order valence-electron chi connectivity index (χ1n) is 4.55. The number of hydrogen-bond acceptors (Lipinski definition) is 4. The first-order chi connectivity index (χ1) is 6.09. The van der Waals surface area contributed by atoms with E-state index in [4.69, 9.17) is 10.6 Å². The van der Waals surface area contributed by atoms with Crippen molar-refractivity contribution >= 4 is 18.5 Å². The van der Waals surface area contributed by atoms with Crippen molar-refractivity contribution in [2.75, 3.05) is 26.2 Å². The van der Waals surface area contributed by atoms with E-state index in [1.807, 2.05) is 13.8 Å². The molecule has 2 N–H and O–H groups in total. The van der Waals surface area contributed by atoms with Crippen LogP contribution in [0, 0.1) is 0 Å². The normalized spacial score (nSPS) is 17.9. The van der Waals surface area contributed by atoms with Gasteiger partial charge in [-0.05, 0) is 13.8 Å². The Morgan fingerprint density at radius 3 is 2.21 bits per heavy atom. The minimum atomic E-state index is -0.233. The van der Waals surface area contributed by atoms with Crippen LogP contribution in [-0.4, -0.2) is 48.3 Å². The average molecular weight is 224 g/mol. The van der Waals surface area contributed by atoms with E-state index in [1.165, 1.54) is 0 Å². The predicted octanol–water partition coefficient (Wildman–Crippen LogP) is 0.445. The predicted molar refractivity (Wildman–Crippen MR) is 56.2 cm³/mol. The molecular formula is C8H18ClN3O2. The molecule has 84 valence electrons. The Balaban J connectivity index is 0.00000169. The van der Waals surface area contributed by atoms with Crippen molar-refractivity contribution < 1.29 is 9.53 Å². The van der Waals surface area contributed by atoms with Crippen molar-refractivity contribution in [3.05, 3.63) is 0 Å². The van der Waals surface area contributed by atoms with Crippen molar-refractivity contribution in [2.45, 2.75) is 20.0 Å². The maximum absolute atomic E-state index is 11.4. The zero-order chi connectivity index (χ0) is 9.84. The molecule has 0 aromatic carbocycles. The molecule has 0 unspecified atom stereocenters. The Morgan fingerprint density at radius 1 is 1.29 bits per heavy atom. The van der Waals surface area contributed by atoms with Gasteiger partial charge in [0.15, 0.2) is 0 Å². The SMILES string of the molecule is CC(C)OC(=O)N1CCN(N)CC1.Cl. The summed E-state index contributed by atoms with van der Waals surface area (Å²) >= 11 is 0. The third kappa shape index (κ3) is 4.13. The lowest BCUT2D eigenvalue weighted by Gasteiger charge is -2.31. The van der Waals surface area contributed by atoms with E-state index in [2.05, 4.69) is 0 Å². The fourth-order valence-electron chi connectivity index (χ4n) is 1.18. The van der Waals surface area contributed by atoms with Gasteiger partial charge >= 0.3 is 6.09 Å². The third-order valence-corrected chi connectivity index (χ3v) is 1.91. The first-order valence-corrected chi connectivity index (χ1v) is 4.55. The summed E-state index contributed by atoms with van der Waals surface area (Å²) in [5.74, 6) is 5.55. The van der Waals surface area contributed by atoms with E-state index in [9.17, 15) is 4.79 Å². The monoisotopic (exact) mass is 223 g/mol. The Hall–Kier alpha value is -0.520. The van der Waals surface area contributed by atoms with Gasteiger partial charge in [0.25, 0.3) is 0 Å². The number of ether oxygens (including phenoxy) is 1. The van der Waals surface area contributed by atoms with Gasteiger partial charge in [-0.25, -0.2) is 9.80 Å². The van der Waals surface area contributed by atoms with Gasteiger partial charge in [0.05, 0.1) is 6.10 Å². The maximum atomic E-state index is 11.4. The number of hydrazine groups is 1. The number of piperazine rings is 1. The molecule has 14 heavy (non-hydrogen) atoms. The van der Waals surface area contributed by atoms with Gasteiger partial charge in [-0.15, -0.1) is 12.4 Å². The van der Waals surface area contributed by atoms with Crippen LogP contribution in [0.5, 0.6) is 0 Å². The highest BCUT2D eigenvalue weighted by Gasteiger charge is 2.20. The highest BCUT2D eigenvalue weighted by molar-refractivity contribution is 5.85. The second-order valence-corrected chi connectivity index (χ2v) is 3.46. The first kappa shape index (κ1) is 13.5. The van der Waals surface area contributed by atoms with Crippen molar-refractivity contribution in [2.24, 2.45) is 5.84 Å². The lowest BCUT2D eigenvalue weighted by atomic mass is 10.4. The Morgan fingerprint density at radius 2 is 1.79 bits per heavy atom. The molecule has 0 saturated carbocycles. The van der Waals surface area contributed by atoms with Crippen LogP contribution in [0.25, 0.3) is 0 Å². The van der Waals surface area contributed by atoms with Crippen LogP contribution < -0.4 is 5.84 Å². The quantitative estimate of drug-likeness (QED) is 0.656. The minimum absolute atomic E-state index is 0. The number of rotatable bonds is 1. The van der Waals surface area contributed by atoms with Crippen LogP contribution in [0.2, 0.25) is 0 Å². The maximum Gasteiger partial charge on any atom is 0.410 e. The molecule has 1 aliphatic heterocycles. The zero-order valence-electron chi connectivity index (χ0n) is 8.60. The minimum Gasteiger partial charge on any atom is -0.447 e. The topological polar surface area (TPSA) is 58.8 Å². The molecule has 1 fully saturated rings. The number of amides is 1. The molecule has 1 rings (SSSR count). The molecule has 0 aliphatic carbocycles. The van der Waals surface area contributed by atoms with Crippen LogP contribution in [0.15, 0.2) is 0 Å². The summed E-state index contributed by atoms with van der Waals surface area (Å²) in [5.41, 5.74) is 0. The standard InChI is InChI=1S/C8H17N3O2.ClH/c1-7(2)13-8(12)10-3-5-11(9)6-4-10;/h7H,3-6,9H2,1-2H3;1H. The summed E-state index contributed by atoms with van der Waals surface area (Å²) in [7, 11) is 0. The fourth-order valence-corrected chi connectivity index (χ4v) is 1.18. The van der Waals surface area contributed by atoms with E-state index in [-0.39, 0.29) is 24.6 Å². The third-order valence-electron chi connectivity index (χ3n) is 1.91. The Bertz CT molecular complexity index is 181. The van der Waals surface area contributed by atoms with Gasteiger partial charge < -0.3 is 9.64 Å². The molecule has 1 aliphatic rings. The highest BCUT2D eigenvalue weighted by Crippen LogP contribution is 2.02. The lowest BCUT2D eigenvalue weighted by molar-refractivity contribution is 0.0573. The molecular weight excluding hydrogens is 206 g/mol. The average Bonchev–Trinajstić information content (AvgIpc) is 2.04. The summed E-state index contributed by atoms with van der Waals surface area (Å²) in [6, 6.07) is 0. The number of hydrogen-bond donors (Lipinski definition) is 1. The molecule has 0 bridgehead atoms. The number of carbonyl (C=O) groups excluding carboxylic acids is 1. The van der Waals surface area contributed by atoms with Gasteiger partial charge in [0.2, 0.25) is 0 Å². The molecule has 0 aromatic heterocycles. The summed E-state index contributed by atoms with van der Waals surface area (Å²) in [6.07, 6.45) is -0.286.